The third-order valence-electron chi connectivity index (χ3n) is 5.13. The summed E-state index contributed by atoms with van der Waals surface area (Å²) in [6, 6.07) is 20.0. The van der Waals surface area contributed by atoms with Crippen LogP contribution in [0.15, 0.2) is 83.0 Å². The van der Waals surface area contributed by atoms with Crippen LogP contribution < -0.4 is 0 Å². The molecule has 0 atom stereocenters. The maximum absolute atomic E-state index is 12.3. The number of benzene rings is 3. The van der Waals surface area contributed by atoms with Crippen LogP contribution in [-0.2, 0) is 0 Å². The summed E-state index contributed by atoms with van der Waals surface area (Å²) in [6.45, 7) is 0. The molecule has 32 heavy (non-hydrogen) atoms. The van der Waals surface area contributed by atoms with Crippen molar-refractivity contribution in [3.8, 4) is 0 Å². The van der Waals surface area contributed by atoms with Crippen LogP contribution in [0.4, 0.5) is 0 Å². The van der Waals surface area contributed by atoms with Gasteiger partial charge in [-0.3, -0.25) is 19.2 Å². The Kier molecular flexibility index (Phi) is 4.52. The lowest BCUT2D eigenvalue weighted by Gasteiger charge is -2.06. The van der Waals surface area contributed by atoms with E-state index in [2.05, 4.69) is 10.2 Å². The largest absolute Gasteiger partial charge is 0.282 e. The predicted octanol–water partition coefficient (Wildman–Crippen LogP) is 2.95. The fraction of sp³-hybridized carbons (Fsp3) is 0. The van der Waals surface area contributed by atoms with Gasteiger partial charge < -0.3 is 0 Å². The van der Waals surface area contributed by atoms with Gasteiger partial charge in [0.1, 0.15) is 0 Å². The molecule has 8 nitrogen and oxygen atoms in total. The van der Waals surface area contributed by atoms with E-state index in [4.69, 9.17) is 0 Å². The van der Waals surface area contributed by atoms with E-state index in [1.54, 1.807) is 72.8 Å². The second kappa shape index (κ2) is 7.51. The fourth-order valence-electron chi connectivity index (χ4n) is 3.48. The number of amides is 4. The molecule has 0 aliphatic carbocycles. The van der Waals surface area contributed by atoms with Crippen molar-refractivity contribution >= 4 is 36.1 Å². The van der Waals surface area contributed by atoms with E-state index in [1.807, 2.05) is 0 Å². The summed E-state index contributed by atoms with van der Waals surface area (Å²) < 4.78 is 0. The smallest absolute Gasteiger partial charge is 0.267 e. The van der Waals surface area contributed by atoms with Crippen molar-refractivity contribution in [1.82, 2.24) is 10.0 Å². The van der Waals surface area contributed by atoms with Crippen molar-refractivity contribution in [1.29, 1.82) is 0 Å². The Hall–Kier alpha value is -4.72. The highest BCUT2D eigenvalue weighted by Crippen LogP contribution is 2.23. The van der Waals surface area contributed by atoms with Crippen LogP contribution in [0.2, 0.25) is 0 Å². The number of carbonyl (C=O) groups is 4. The maximum Gasteiger partial charge on any atom is 0.282 e. The van der Waals surface area contributed by atoms with Crippen LogP contribution in [-0.4, -0.2) is 46.1 Å². The SMILES string of the molecule is O=C1c2ccccc2C(=O)N1/N=C\c1ccc(/C=N/N2C(=O)c3ccccc3C2=O)cc1. The molecule has 3 aromatic carbocycles. The molecule has 2 aliphatic heterocycles. The first kappa shape index (κ1) is 19.3. The first-order chi connectivity index (χ1) is 15.5. The summed E-state index contributed by atoms with van der Waals surface area (Å²) in [6.07, 6.45) is 2.82. The van der Waals surface area contributed by atoms with Gasteiger partial charge in [-0.1, -0.05) is 48.5 Å². The number of imide groups is 2. The molecule has 5 rings (SSSR count). The van der Waals surface area contributed by atoms with Crippen molar-refractivity contribution in [3.05, 3.63) is 106 Å². The number of hydrazone groups is 2. The number of hydrogen-bond acceptors (Lipinski definition) is 6. The van der Waals surface area contributed by atoms with Gasteiger partial charge in [-0.15, -0.1) is 0 Å². The van der Waals surface area contributed by atoms with Gasteiger partial charge >= 0.3 is 0 Å². The Morgan fingerprint density at radius 2 is 0.750 bits per heavy atom. The first-order valence-corrected chi connectivity index (χ1v) is 9.68. The maximum atomic E-state index is 12.3. The van der Waals surface area contributed by atoms with E-state index in [-0.39, 0.29) is 0 Å². The third-order valence-corrected chi connectivity index (χ3v) is 5.13. The Balaban J connectivity index is 1.29. The molecule has 0 saturated carbocycles. The zero-order chi connectivity index (χ0) is 22.2. The van der Waals surface area contributed by atoms with Crippen LogP contribution in [0.5, 0.6) is 0 Å². The zero-order valence-corrected chi connectivity index (χ0v) is 16.5. The van der Waals surface area contributed by atoms with Crippen LogP contribution >= 0.6 is 0 Å². The first-order valence-electron chi connectivity index (χ1n) is 9.68. The summed E-state index contributed by atoms with van der Waals surface area (Å²) in [4.78, 5) is 49.4. The molecule has 3 aromatic rings. The molecule has 0 spiro atoms. The zero-order valence-electron chi connectivity index (χ0n) is 16.5. The number of nitrogens with zero attached hydrogens (tertiary/aromatic N) is 4. The van der Waals surface area contributed by atoms with Gasteiger partial charge in [0.05, 0.1) is 34.7 Å². The lowest BCUT2D eigenvalue weighted by atomic mass is 10.1. The number of fused-ring (bicyclic) bond motifs is 2. The Labute approximate surface area is 182 Å². The fourth-order valence-corrected chi connectivity index (χ4v) is 3.48. The van der Waals surface area contributed by atoms with Crippen molar-refractivity contribution in [2.24, 2.45) is 10.2 Å². The minimum absolute atomic E-state index is 0.328. The van der Waals surface area contributed by atoms with Crippen LogP contribution in [0.3, 0.4) is 0 Å². The van der Waals surface area contributed by atoms with Crippen LogP contribution in [0.25, 0.3) is 0 Å². The summed E-state index contributed by atoms with van der Waals surface area (Å²) in [5.41, 5.74) is 2.62. The number of hydrogen-bond donors (Lipinski definition) is 0. The number of carbonyl (C=O) groups excluding carboxylic acids is 4. The molecule has 0 unspecified atom stereocenters. The Bertz CT molecular complexity index is 1180. The van der Waals surface area contributed by atoms with Gasteiger partial charge in [0.25, 0.3) is 23.6 Å². The third kappa shape index (κ3) is 3.10. The molecule has 0 radical (unpaired) electrons. The molecule has 4 amide bonds. The van der Waals surface area contributed by atoms with E-state index in [9.17, 15) is 19.2 Å². The normalized spacial score (nSPS) is 15.4. The van der Waals surface area contributed by atoms with E-state index >= 15 is 0 Å². The molecule has 2 heterocycles. The quantitative estimate of drug-likeness (QED) is 0.477. The van der Waals surface area contributed by atoms with Gasteiger partial charge in [0.15, 0.2) is 0 Å². The molecule has 0 N–H and O–H groups in total. The van der Waals surface area contributed by atoms with E-state index in [0.717, 1.165) is 10.0 Å². The second-order valence-corrected chi connectivity index (χ2v) is 7.09. The summed E-state index contributed by atoms with van der Waals surface area (Å²) in [5, 5.41) is 9.73. The standard InChI is InChI=1S/C24H14N4O4/c29-21-17-5-1-2-6-18(17)22(30)27(21)25-13-15-9-11-16(12-10-15)14-26-28-23(31)19-7-3-4-8-20(19)24(28)32/h1-14H/b25-13-,26-14+. The summed E-state index contributed by atoms with van der Waals surface area (Å²) >= 11 is 0. The highest BCUT2D eigenvalue weighted by Gasteiger charge is 2.36. The average Bonchev–Trinajstić information content (AvgIpc) is 3.22. The lowest BCUT2D eigenvalue weighted by molar-refractivity contribution is 0.0644. The molecular formula is C24H14N4O4. The van der Waals surface area contributed by atoms with E-state index in [1.165, 1.54) is 12.4 Å². The monoisotopic (exact) mass is 422 g/mol. The summed E-state index contributed by atoms with van der Waals surface area (Å²) in [7, 11) is 0. The van der Waals surface area contributed by atoms with Gasteiger partial charge in [-0.2, -0.15) is 20.2 Å². The molecule has 0 fully saturated rings. The average molecular weight is 422 g/mol. The van der Waals surface area contributed by atoms with Crippen molar-refractivity contribution in [2.75, 3.05) is 0 Å². The van der Waals surface area contributed by atoms with Gasteiger partial charge in [0, 0.05) is 0 Å². The van der Waals surface area contributed by atoms with E-state index < -0.39 is 23.6 Å². The van der Waals surface area contributed by atoms with Gasteiger partial charge in [-0.05, 0) is 35.4 Å². The molecule has 154 valence electrons. The molecule has 0 bridgehead atoms. The molecular weight excluding hydrogens is 408 g/mol. The van der Waals surface area contributed by atoms with E-state index in [0.29, 0.717) is 33.4 Å². The van der Waals surface area contributed by atoms with Crippen molar-refractivity contribution in [3.63, 3.8) is 0 Å². The minimum Gasteiger partial charge on any atom is -0.267 e. The topological polar surface area (TPSA) is 99.5 Å². The molecule has 2 aliphatic rings. The highest BCUT2D eigenvalue weighted by atomic mass is 16.2. The summed E-state index contributed by atoms with van der Waals surface area (Å²) in [5.74, 6) is -1.86. The van der Waals surface area contributed by atoms with Crippen molar-refractivity contribution < 1.29 is 19.2 Å². The number of rotatable bonds is 4. The van der Waals surface area contributed by atoms with Crippen LogP contribution in [0, 0.1) is 0 Å². The second-order valence-electron chi connectivity index (χ2n) is 7.09. The van der Waals surface area contributed by atoms with Gasteiger partial charge in [0.2, 0.25) is 0 Å². The Morgan fingerprint density at radius 3 is 1.03 bits per heavy atom. The molecule has 0 aromatic heterocycles. The molecule has 8 heteroatoms. The Morgan fingerprint density at radius 1 is 0.469 bits per heavy atom. The lowest BCUT2D eigenvalue weighted by Crippen LogP contribution is -2.24. The minimum atomic E-state index is -0.466. The van der Waals surface area contributed by atoms with Crippen LogP contribution in [0.1, 0.15) is 52.6 Å². The highest BCUT2D eigenvalue weighted by molar-refractivity contribution is 6.22. The molecule has 0 saturated heterocycles. The van der Waals surface area contributed by atoms with Gasteiger partial charge in [-0.25, -0.2) is 0 Å². The van der Waals surface area contributed by atoms with Crippen molar-refractivity contribution in [2.45, 2.75) is 0 Å². The predicted molar refractivity (Wildman–Crippen MR) is 116 cm³/mol.